The SMILES string of the molecule is Cc1ncsc1-c1ccc(CNC(=O)[C@@H]2C[C@@H](O)CN2C(=O)[C@@H](NC(=O)COCCOCCOc2ccc(COc3ccc4oc(C5C=CC(=O)N(C)N5)nc4c3)nc2)C(C)(C)C)cc1. The van der Waals surface area contributed by atoms with E-state index in [0.717, 1.165) is 21.7 Å². The number of carbonyl (C=O) groups excluding carboxylic acids is 4. The number of nitrogens with zero attached hydrogens (tertiary/aromatic N) is 5. The van der Waals surface area contributed by atoms with E-state index in [4.69, 9.17) is 23.4 Å². The molecule has 4 atom stereocenters. The fourth-order valence-electron chi connectivity index (χ4n) is 7.22. The maximum Gasteiger partial charge on any atom is 0.260 e. The van der Waals surface area contributed by atoms with Gasteiger partial charge >= 0.3 is 0 Å². The summed E-state index contributed by atoms with van der Waals surface area (Å²) >= 11 is 1.57. The van der Waals surface area contributed by atoms with Gasteiger partial charge in [0, 0.05) is 38.7 Å². The number of hydrazine groups is 1. The van der Waals surface area contributed by atoms with Crippen LogP contribution >= 0.6 is 11.3 Å². The van der Waals surface area contributed by atoms with Crippen molar-refractivity contribution in [3.8, 4) is 21.9 Å². The molecule has 1 fully saturated rings. The molecular weight excluding hydrogens is 857 g/mol. The highest BCUT2D eigenvalue weighted by atomic mass is 32.1. The number of hydrogen-bond acceptors (Lipinski definition) is 15. The Kier molecular flexibility index (Phi) is 15.2. The van der Waals surface area contributed by atoms with Gasteiger partial charge in [0.25, 0.3) is 5.91 Å². The van der Waals surface area contributed by atoms with Crippen LogP contribution in [0.3, 0.4) is 0 Å². The van der Waals surface area contributed by atoms with E-state index in [1.165, 1.54) is 16.0 Å². The molecule has 3 aromatic heterocycles. The molecule has 5 heterocycles. The number of thiazole rings is 1. The second kappa shape index (κ2) is 21.2. The number of pyridine rings is 1. The van der Waals surface area contributed by atoms with Crippen molar-refractivity contribution in [2.24, 2.45) is 5.41 Å². The Labute approximate surface area is 380 Å². The molecule has 344 valence electrons. The van der Waals surface area contributed by atoms with E-state index >= 15 is 0 Å². The predicted molar refractivity (Wildman–Crippen MR) is 239 cm³/mol. The number of hydrogen-bond donors (Lipinski definition) is 4. The van der Waals surface area contributed by atoms with Crippen LogP contribution in [0.4, 0.5) is 0 Å². The molecule has 0 radical (unpaired) electrons. The molecule has 1 saturated heterocycles. The Hall–Kier alpha value is -6.25. The summed E-state index contributed by atoms with van der Waals surface area (Å²) in [5, 5.41) is 17.6. The minimum absolute atomic E-state index is 0.0234. The zero-order valence-corrected chi connectivity index (χ0v) is 37.8. The van der Waals surface area contributed by atoms with Crippen LogP contribution < -0.4 is 25.5 Å². The maximum absolute atomic E-state index is 13.9. The molecule has 0 spiro atoms. The summed E-state index contributed by atoms with van der Waals surface area (Å²) < 4.78 is 28.7. The quantitative estimate of drug-likeness (QED) is 0.0861. The highest BCUT2D eigenvalue weighted by molar-refractivity contribution is 7.13. The minimum Gasteiger partial charge on any atom is -0.490 e. The second-order valence-electron chi connectivity index (χ2n) is 16.8. The first kappa shape index (κ1) is 46.7. The number of β-amino-alcohol motifs (C(OH)–C–C–N with tert-alkyl or cyclic N) is 1. The Morgan fingerprint density at radius 1 is 1.00 bits per heavy atom. The third kappa shape index (κ3) is 12.3. The van der Waals surface area contributed by atoms with Crippen LogP contribution in [0.25, 0.3) is 21.5 Å². The number of fused-ring (bicyclic) bond motifs is 1. The number of aliphatic hydroxyl groups is 1. The summed E-state index contributed by atoms with van der Waals surface area (Å²) in [6.45, 7) is 8.44. The normalized spacial score (nSPS) is 17.9. The molecule has 65 heavy (non-hydrogen) atoms. The van der Waals surface area contributed by atoms with Crippen LogP contribution in [0.15, 0.2) is 82.9 Å². The molecule has 0 aliphatic carbocycles. The minimum atomic E-state index is -0.975. The number of carbonyl (C=O) groups is 4. The first-order chi connectivity index (χ1) is 31.2. The van der Waals surface area contributed by atoms with E-state index < -0.39 is 35.4 Å². The van der Waals surface area contributed by atoms with Gasteiger partial charge < -0.3 is 44.0 Å². The number of nitrogens with one attached hydrogen (secondary N) is 3. The number of amides is 4. The summed E-state index contributed by atoms with van der Waals surface area (Å²) in [7, 11) is 1.63. The van der Waals surface area contributed by atoms with E-state index in [-0.39, 0.29) is 77.0 Å². The van der Waals surface area contributed by atoms with Gasteiger partial charge in [-0.3, -0.25) is 29.2 Å². The molecule has 7 rings (SSSR count). The third-order valence-corrected chi connectivity index (χ3v) is 11.7. The Bertz CT molecular complexity index is 2470. The van der Waals surface area contributed by atoms with Crippen molar-refractivity contribution in [1.82, 2.24) is 40.9 Å². The van der Waals surface area contributed by atoms with E-state index in [1.54, 1.807) is 61.0 Å². The summed E-state index contributed by atoms with van der Waals surface area (Å²) in [4.78, 5) is 67.8. The van der Waals surface area contributed by atoms with E-state index in [0.29, 0.717) is 34.2 Å². The van der Waals surface area contributed by atoms with Crippen LogP contribution in [-0.4, -0.2) is 118 Å². The van der Waals surface area contributed by atoms with Gasteiger partial charge in [0.1, 0.15) is 55.0 Å². The lowest BCUT2D eigenvalue weighted by Gasteiger charge is -2.35. The topological polar surface area (TPSA) is 220 Å². The zero-order valence-electron chi connectivity index (χ0n) is 36.9. The Balaban J connectivity index is 0.779. The molecule has 19 heteroatoms. The molecule has 2 aromatic carbocycles. The van der Waals surface area contributed by atoms with Crippen LogP contribution in [0.1, 0.15) is 56.1 Å². The number of likely N-dealkylation sites (N-methyl/N-ethyl adjacent to an activating group) is 1. The fourth-order valence-corrected chi connectivity index (χ4v) is 8.03. The molecule has 1 unspecified atom stereocenters. The lowest BCUT2D eigenvalue weighted by Crippen LogP contribution is -2.58. The highest BCUT2D eigenvalue weighted by Gasteiger charge is 2.44. The van der Waals surface area contributed by atoms with Gasteiger partial charge in [0.15, 0.2) is 5.58 Å². The van der Waals surface area contributed by atoms with Gasteiger partial charge in [0.2, 0.25) is 23.6 Å². The lowest BCUT2D eigenvalue weighted by molar-refractivity contribution is -0.144. The predicted octanol–water partition coefficient (Wildman–Crippen LogP) is 4.03. The highest BCUT2D eigenvalue weighted by Crippen LogP contribution is 2.29. The molecule has 2 aliphatic heterocycles. The van der Waals surface area contributed by atoms with Crippen LogP contribution in [0.2, 0.25) is 0 Å². The van der Waals surface area contributed by atoms with Gasteiger partial charge in [-0.2, -0.15) is 0 Å². The largest absolute Gasteiger partial charge is 0.490 e. The summed E-state index contributed by atoms with van der Waals surface area (Å²) in [5.41, 5.74) is 8.92. The number of ether oxygens (including phenoxy) is 4. The average molecular weight is 911 g/mol. The number of oxazole rings is 1. The van der Waals surface area contributed by atoms with Gasteiger partial charge in [-0.15, -0.1) is 11.3 Å². The van der Waals surface area contributed by atoms with Gasteiger partial charge in [-0.25, -0.2) is 15.4 Å². The van der Waals surface area contributed by atoms with Crippen molar-refractivity contribution in [1.29, 1.82) is 0 Å². The number of aliphatic hydroxyl groups excluding tert-OH is 1. The van der Waals surface area contributed by atoms with Crippen molar-refractivity contribution in [3.05, 3.63) is 101 Å². The molecule has 0 bridgehead atoms. The van der Waals surface area contributed by atoms with Crippen molar-refractivity contribution in [3.63, 3.8) is 0 Å². The molecule has 5 aromatic rings. The summed E-state index contributed by atoms with van der Waals surface area (Å²) in [6.07, 6.45) is 3.99. The van der Waals surface area contributed by atoms with Crippen molar-refractivity contribution >= 4 is 46.1 Å². The third-order valence-electron chi connectivity index (χ3n) is 10.7. The smallest absolute Gasteiger partial charge is 0.260 e. The first-order valence-electron chi connectivity index (χ1n) is 21.3. The molecule has 0 saturated carbocycles. The molecule has 4 N–H and O–H groups in total. The van der Waals surface area contributed by atoms with Crippen molar-refractivity contribution in [2.45, 2.75) is 71.5 Å². The van der Waals surface area contributed by atoms with Crippen LogP contribution in [0.5, 0.6) is 11.5 Å². The van der Waals surface area contributed by atoms with Gasteiger partial charge in [-0.1, -0.05) is 51.1 Å². The van der Waals surface area contributed by atoms with Gasteiger partial charge in [0.05, 0.1) is 53.9 Å². The molecule has 4 amide bonds. The molecular formula is C46H54N8O10S. The number of benzene rings is 2. The monoisotopic (exact) mass is 910 g/mol. The van der Waals surface area contributed by atoms with Crippen LogP contribution in [-0.2, 0) is 41.8 Å². The summed E-state index contributed by atoms with van der Waals surface area (Å²) in [5.74, 6) is 0.103. The lowest BCUT2D eigenvalue weighted by atomic mass is 9.85. The maximum atomic E-state index is 13.9. The van der Waals surface area contributed by atoms with Crippen molar-refractivity contribution < 1.29 is 47.6 Å². The number of aromatic nitrogens is 3. The Morgan fingerprint density at radius 2 is 1.77 bits per heavy atom. The van der Waals surface area contributed by atoms with Gasteiger partial charge in [-0.05, 0) is 47.7 Å². The summed E-state index contributed by atoms with van der Waals surface area (Å²) in [6, 6.07) is 14.6. The average Bonchev–Trinajstić information content (AvgIpc) is 4.03. The van der Waals surface area contributed by atoms with E-state index in [9.17, 15) is 24.3 Å². The first-order valence-corrected chi connectivity index (χ1v) is 22.1. The Morgan fingerprint density at radius 3 is 2.49 bits per heavy atom. The zero-order chi connectivity index (χ0) is 46.1. The molecule has 2 aliphatic rings. The second-order valence-corrected chi connectivity index (χ2v) is 17.6. The van der Waals surface area contributed by atoms with E-state index in [2.05, 4.69) is 31.0 Å². The standard InChI is InChI=1S/C46H54N8O10S/c1-28-41(65-27-49-28)30-8-6-29(7-9-30)22-48-43(58)37-20-32(55)24-54(37)45(59)42(46(2,3)4)51-39(56)26-61-17-16-60-18-19-62-34-11-10-31(47-23-34)25-63-33-12-14-38-36(21-33)50-44(64-38)35-13-15-40(57)53(5)52-35/h6-15,21,23,27,32,35,37,42,52,55H,16-20,22,24-26H2,1-5H3,(H,48,58)(H,51,56)/t32-,35?,37+,42-/m1/s1. The number of aryl methyl sites for hydroxylation is 1. The van der Waals surface area contributed by atoms with Crippen molar-refractivity contribution in [2.75, 3.05) is 46.6 Å². The van der Waals surface area contributed by atoms with Crippen LogP contribution in [0, 0.1) is 12.3 Å². The number of likely N-dealkylation sites (tertiary alicyclic amines) is 1. The molecule has 18 nitrogen and oxygen atoms in total. The van der Waals surface area contributed by atoms with E-state index in [1.807, 2.05) is 57.5 Å². The fraction of sp³-hybridized carbons (Fsp3) is 0.413. The number of rotatable bonds is 19.